The molecule has 0 spiro atoms. The Labute approximate surface area is 173 Å². The fourth-order valence-electron chi connectivity index (χ4n) is 2.85. The molecule has 0 aliphatic heterocycles. The Balaban J connectivity index is 3.11. The first-order chi connectivity index (χ1) is 14.1. The second-order valence-corrected chi connectivity index (χ2v) is 7.22. The number of carboxylic acid groups (broad SMARTS) is 2. The summed E-state index contributed by atoms with van der Waals surface area (Å²) in [5.74, 6) is -8.55. The van der Waals surface area contributed by atoms with Crippen molar-refractivity contribution in [2.45, 2.75) is 38.8 Å². The molecule has 1 rings (SSSR count). The maximum atomic E-state index is 12.8. The molecule has 0 aliphatic carbocycles. The number of aliphatic carboxylic acids is 2. The van der Waals surface area contributed by atoms with Gasteiger partial charge in [-0.25, -0.2) is 0 Å². The molecule has 0 unspecified atom stereocenters. The number of nitrogens with one attached hydrogen (secondary N) is 2. The van der Waals surface area contributed by atoms with Gasteiger partial charge < -0.3 is 26.6 Å². The Hall–Kier alpha value is -3.27. The van der Waals surface area contributed by atoms with Crippen molar-refractivity contribution >= 4 is 29.5 Å². The maximum Gasteiger partial charge on any atom is 0.325 e. The molecule has 0 saturated carbocycles. The minimum Gasteiger partial charge on any atom is -0.480 e. The summed E-state index contributed by atoms with van der Waals surface area (Å²) < 4.78 is 0. The molecular formula is C20H27N3O7. The van der Waals surface area contributed by atoms with Gasteiger partial charge in [0.15, 0.2) is 5.78 Å². The van der Waals surface area contributed by atoms with E-state index in [1.54, 1.807) is 44.2 Å². The summed E-state index contributed by atoms with van der Waals surface area (Å²) in [6, 6.07) is 6.36. The van der Waals surface area contributed by atoms with Gasteiger partial charge in [0.1, 0.15) is 6.04 Å². The van der Waals surface area contributed by atoms with Crippen LogP contribution in [0.15, 0.2) is 30.3 Å². The summed E-state index contributed by atoms with van der Waals surface area (Å²) >= 11 is 0. The number of hydrogen-bond acceptors (Lipinski definition) is 6. The monoisotopic (exact) mass is 421 g/mol. The SMILES string of the molecule is CC(C)C[C@H](NC(=O)[C@H](Cc1ccccc1)NC(=O)CN)C(=O)C(C(=O)O)C(=O)O. The van der Waals surface area contributed by atoms with E-state index in [1.165, 1.54) is 0 Å². The number of carboxylic acids is 2. The van der Waals surface area contributed by atoms with Gasteiger partial charge in [0.05, 0.1) is 12.6 Å². The lowest BCUT2D eigenvalue weighted by molar-refractivity contribution is -0.158. The standard InChI is InChI=1S/C20H27N3O7/c1-11(2)8-13(17(25)16(19(27)28)20(29)30)23-18(26)14(22-15(24)10-21)9-12-6-4-3-5-7-12/h3-7,11,13-14,16H,8-10,21H2,1-2H3,(H,22,24)(H,23,26)(H,27,28)(H,29,30)/t13-,14-/m0/s1. The largest absolute Gasteiger partial charge is 0.480 e. The van der Waals surface area contributed by atoms with Gasteiger partial charge in [-0.2, -0.15) is 0 Å². The molecule has 0 aliphatic rings. The number of ketones is 1. The molecule has 10 nitrogen and oxygen atoms in total. The van der Waals surface area contributed by atoms with E-state index in [0.717, 1.165) is 5.56 Å². The molecular weight excluding hydrogens is 394 g/mol. The highest BCUT2D eigenvalue weighted by atomic mass is 16.4. The first kappa shape index (κ1) is 24.8. The zero-order valence-corrected chi connectivity index (χ0v) is 16.8. The van der Waals surface area contributed by atoms with Crippen LogP contribution in [0.3, 0.4) is 0 Å². The topological polar surface area (TPSA) is 176 Å². The lowest BCUT2D eigenvalue weighted by atomic mass is 9.91. The average molecular weight is 421 g/mol. The predicted molar refractivity (Wildman–Crippen MR) is 106 cm³/mol. The molecule has 1 aromatic carbocycles. The minimum atomic E-state index is -2.31. The van der Waals surface area contributed by atoms with Gasteiger partial charge in [-0.3, -0.25) is 24.0 Å². The number of Topliss-reactive ketones (excluding diaryl/α,β-unsaturated/α-hetero) is 1. The van der Waals surface area contributed by atoms with Crippen molar-refractivity contribution in [3.63, 3.8) is 0 Å². The first-order valence-electron chi connectivity index (χ1n) is 9.39. The van der Waals surface area contributed by atoms with Crippen LogP contribution >= 0.6 is 0 Å². The van der Waals surface area contributed by atoms with E-state index in [2.05, 4.69) is 10.6 Å². The number of rotatable bonds is 12. The van der Waals surface area contributed by atoms with Gasteiger partial charge in [-0.05, 0) is 17.9 Å². The number of hydrogen-bond donors (Lipinski definition) is 5. The van der Waals surface area contributed by atoms with Crippen LogP contribution in [0, 0.1) is 11.8 Å². The number of carbonyl (C=O) groups excluding carboxylic acids is 3. The maximum absolute atomic E-state index is 12.8. The zero-order valence-electron chi connectivity index (χ0n) is 16.8. The summed E-state index contributed by atoms with van der Waals surface area (Å²) in [5.41, 5.74) is 6.04. The van der Waals surface area contributed by atoms with Crippen LogP contribution in [0.2, 0.25) is 0 Å². The summed E-state index contributed by atoms with van der Waals surface area (Å²) in [6.45, 7) is 3.12. The third-order valence-electron chi connectivity index (χ3n) is 4.27. The van der Waals surface area contributed by atoms with Gasteiger partial charge >= 0.3 is 11.9 Å². The molecule has 0 bridgehead atoms. The fraction of sp³-hybridized carbons (Fsp3) is 0.450. The quantitative estimate of drug-likeness (QED) is 0.282. The van der Waals surface area contributed by atoms with Gasteiger partial charge in [0, 0.05) is 6.42 Å². The van der Waals surface area contributed by atoms with Crippen molar-refractivity contribution in [1.82, 2.24) is 10.6 Å². The fourth-order valence-corrected chi connectivity index (χ4v) is 2.85. The van der Waals surface area contributed by atoms with Gasteiger partial charge in [-0.15, -0.1) is 0 Å². The Morgan fingerprint density at radius 1 is 0.933 bits per heavy atom. The van der Waals surface area contributed by atoms with E-state index in [0.29, 0.717) is 0 Å². The smallest absolute Gasteiger partial charge is 0.325 e. The molecule has 2 atom stereocenters. The van der Waals surface area contributed by atoms with Crippen molar-refractivity contribution in [1.29, 1.82) is 0 Å². The van der Waals surface area contributed by atoms with Crippen LogP contribution < -0.4 is 16.4 Å². The van der Waals surface area contributed by atoms with E-state index < -0.39 is 47.5 Å². The first-order valence-corrected chi connectivity index (χ1v) is 9.39. The molecule has 1 aromatic rings. The summed E-state index contributed by atoms with van der Waals surface area (Å²) in [6.07, 6.45) is 0.132. The van der Waals surface area contributed by atoms with Gasteiger partial charge in [0.25, 0.3) is 0 Å². The predicted octanol–water partition coefficient (Wildman–Crippen LogP) is -0.442. The van der Waals surface area contributed by atoms with Crippen molar-refractivity contribution in [2.24, 2.45) is 17.6 Å². The zero-order chi connectivity index (χ0) is 22.8. The van der Waals surface area contributed by atoms with Crippen LogP contribution in [0.5, 0.6) is 0 Å². The van der Waals surface area contributed by atoms with Crippen LogP contribution in [-0.2, 0) is 30.4 Å². The molecule has 30 heavy (non-hydrogen) atoms. The lowest BCUT2D eigenvalue weighted by Crippen LogP contribution is -2.55. The van der Waals surface area contributed by atoms with Gasteiger partial charge in [-0.1, -0.05) is 44.2 Å². The second kappa shape index (κ2) is 11.7. The number of carbonyl (C=O) groups is 5. The van der Waals surface area contributed by atoms with Crippen molar-refractivity contribution < 1.29 is 34.2 Å². The molecule has 0 heterocycles. The summed E-state index contributed by atoms with van der Waals surface area (Å²) in [7, 11) is 0. The third kappa shape index (κ3) is 7.63. The van der Waals surface area contributed by atoms with Crippen LogP contribution in [0.25, 0.3) is 0 Å². The number of nitrogens with two attached hydrogens (primary N) is 1. The van der Waals surface area contributed by atoms with Crippen LogP contribution in [0.4, 0.5) is 0 Å². The number of amides is 2. The highest BCUT2D eigenvalue weighted by molar-refractivity contribution is 6.16. The van der Waals surface area contributed by atoms with Crippen LogP contribution in [0.1, 0.15) is 25.8 Å². The summed E-state index contributed by atoms with van der Waals surface area (Å²) in [4.78, 5) is 59.6. The van der Waals surface area contributed by atoms with Crippen LogP contribution in [-0.4, -0.2) is 58.4 Å². The van der Waals surface area contributed by atoms with E-state index in [4.69, 9.17) is 15.9 Å². The molecule has 6 N–H and O–H groups in total. The molecule has 0 saturated heterocycles. The van der Waals surface area contributed by atoms with E-state index in [1.807, 2.05) is 0 Å². The third-order valence-corrected chi connectivity index (χ3v) is 4.27. The normalized spacial score (nSPS) is 12.8. The Morgan fingerprint density at radius 3 is 1.97 bits per heavy atom. The second-order valence-electron chi connectivity index (χ2n) is 7.22. The molecule has 10 heteroatoms. The Morgan fingerprint density at radius 2 is 1.50 bits per heavy atom. The van der Waals surface area contributed by atoms with E-state index in [-0.39, 0.29) is 25.3 Å². The molecule has 0 radical (unpaired) electrons. The van der Waals surface area contributed by atoms with E-state index in [9.17, 15) is 24.0 Å². The highest BCUT2D eigenvalue weighted by Crippen LogP contribution is 2.13. The molecule has 0 fully saturated rings. The van der Waals surface area contributed by atoms with Gasteiger partial charge in [0.2, 0.25) is 17.7 Å². The Kier molecular flexibility index (Phi) is 9.63. The summed E-state index contributed by atoms with van der Waals surface area (Å²) in [5, 5.41) is 23.1. The van der Waals surface area contributed by atoms with Crippen molar-refractivity contribution in [3.05, 3.63) is 35.9 Å². The molecule has 2 amide bonds. The lowest BCUT2D eigenvalue weighted by Gasteiger charge is -2.25. The minimum absolute atomic E-state index is 0.0323. The Bertz CT molecular complexity index is 766. The molecule has 0 aromatic heterocycles. The van der Waals surface area contributed by atoms with E-state index >= 15 is 0 Å². The number of benzene rings is 1. The van der Waals surface area contributed by atoms with Crippen molar-refractivity contribution in [2.75, 3.05) is 6.54 Å². The average Bonchev–Trinajstić information content (AvgIpc) is 2.66. The van der Waals surface area contributed by atoms with Crippen molar-refractivity contribution in [3.8, 4) is 0 Å². The highest BCUT2D eigenvalue weighted by Gasteiger charge is 2.39. The molecule has 164 valence electrons.